The minimum absolute atomic E-state index is 0.0251. The quantitative estimate of drug-likeness (QED) is 0.892. The van der Waals surface area contributed by atoms with E-state index in [0.717, 1.165) is 25.7 Å². The summed E-state index contributed by atoms with van der Waals surface area (Å²) in [5.41, 5.74) is 0.0789. The fourth-order valence-corrected chi connectivity index (χ4v) is 3.89. The van der Waals surface area contributed by atoms with Gasteiger partial charge in [-0.2, -0.15) is 0 Å². The molecule has 0 spiro atoms. The molecule has 2 N–H and O–H groups in total. The van der Waals surface area contributed by atoms with Crippen LogP contribution in [0.25, 0.3) is 0 Å². The van der Waals surface area contributed by atoms with E-state index in [1.54, 1.807) is 0 Å². The number of hydrogen-bond acceptors (Lipinski definition) is 3. The summed E-state index contributed by atoms with van der Waals surface area (Å²) in [7, 11) is -3.57. The Labute approximate surface area is 119 Å². The SMILES string of the molecule is CC1CCCC(NS(=O)(=O)c2ccc(C(=O)O)cc2)C1. The summed E-state index contributed by atoms with van der Waals surface area (Å²) in [5, 5.41) is 8.80. The molecule has 0 aliphatic heterocycles. The number of nitrogens with one attached hydrogen (secondary N) is 1. The van der Waals surface area contributed by atoms with Gasteiger partial charge in [-0.15, -0.1) is 0 Å². The van der Waals surface area contributed by atoms with Gasteiger partial charge in [0.25, 0.3) is 0 Å². The van der Waals surface area contributed by atoms with Gasteiger partial charge in [0.1, 0.15) is 0 Å². The molecule has 0 amide bonds. The summed E-state index contributed by atoms with van der Waals surface area (Å²) in [6.45, 7) is 2.13. The average molecular weight is 297 g/mol. The molecule has 1 saturated carbocycles. The van der Waals surface area contributed by atoms with E-state index in [1.165, 1.54) is 24.3 Å². The van der Waals surface area contributed by atoms with Crippen molar-refractivity contribution in [1.29, 1.82) is 0 Å². The highest BCUT2D eigenvalue weighted by Crippen LogP contribution is 2.24. The van der Waals surface area contributed by atoms with Crippen LogP contribution in [0.2, 0.25) is 0 Å². The molecule has 1 aliphatic carbocycles. The van der Waals surface area contributed by atoms with E-state index in [2.05, 4.69) is 11.6 Å². The molecular formula is C14H19NO4S. The van der Waals surface area contributed by atoms with Gasteiger partial charge in [-0.25, -0.2) is 17.9 Å². The highest BCUT2D eigenvalue weighted by Gasteiger charge is 2.24. The predicted molar refractivity (Wildman–Crippen MR) is 75.1 cm³/mol. The first-order valence-electron chi connectivity index (χ1n) is 6.74. The van der Waals surface area contributed by atoms with Crippen LogP contribution >= 0.6 is 0 Å². The van der Waals surface area contributed by atoms with E-state index in [9.17, 15) is 13.2 Å². The molecule has 0 aromatic heterocycles. The molecular weight excluding hydrogens is 278 g/mol. The van der Waals surface area contributed by atoms with E-state index < -0.39 is 16.0 Å². The number of carboxylic acids is 1. The summed E-state index contributed by atoms with van der Waals surface area (Å²) in [6.07, 6.45) is 3.89. The van der Waals surface area contributed by atoms with Gasteiger partial charge in [0.15, 0.2) is 0 Å². The van der Waals surface area contributed by atoms with Crippen molar-refractivity contribution in [2.24, 2.45) is 5.92 Å². The van der Waals surface area contributed by atoms with Crippen molar-refractivity contribution in [2.45, 2.75) is 43.5 Å². The number of aromatic carboxylic acids is 1. The molecule has 2 unspecified atom stereocenters. The minimum atomic E-state index is -3.57. The number of benzene rings is 1. The van der Waals surface area contributed by atoms with Crippen molar-refractivity contribution in [2.75, 3.05) is 0 Å². The fraction of sp³-hybridized carbons (Fsp3) is 0.500. The van der Waals surface area contributed by atoms with E-state index in [0.29, 0.717) is 5.92 Å². The maximum atomic E-state index is 12.2. The Morgan fingerprint density at radius 2 is 1.90 bits per heavy atom. The molecule has 1 aromatic rings. The second-order valence-electron chi connectivity index (χ2n) is 5.42. The Balaban J connectivity index is 2.11. The van der Waals surface area contributed by atoms with E-state index in [-0.39, 0.29) is 16.5 Å². The van der Waals surface area contributed by atoms with Crippen LogP contribution in [0.3, 0.4) is 0 Å². The topological polar surface area (TPSA) is 83.5 Å². The first-order valence-corrected chi connectivity index (χ1v) is 8.22. The number of sulfonamides is 1. The monoisotopic (exact) mass is 297 g/mol. The molecule has 2 atom stereocenters. The van der Waals surface area contributed by atoms with E-state index in [4.69, 9.17) is 5.11 Å². The maximum absolute atomic E-state index is 12.2. The highest BCUT2D eigenvalue weighted by atomic mass is 32.2. The Hall–Kier alpha value is -1.40. The van der Waals surface area contributed by atoms with Crippen LogP contribution < -0.4 is 4.72 Å². The zero-order valence-electron chi connectivity index (χ0n) is 11.4. The molecule has 0 heterocycles. The Morgan fingerprint density at radius 1 is 1.25 bits per heavy atom. The zero-order valence-corrected chi connectivity index (χ0v) is 12.2. The zero-order chi connectivity index (χ0) is 14.8. The first-order chi connectivity index (χ1) is 9.38. The molecule has 6 heteroatoms. The van der Waals surface area contributed by atoms with E-state index in [1.807, 2.05) is 0 Å². The predicted octanol–water partition coefficient (Wildman–Crippen LogP) is 2.24. The summed E-state index contributed by atoms with van der Waals surface area (Å²) in [5.74, 6) is -0.533. The van der Waals surface area contributed by atoms with Crippen molar-refractivity contribution in [1.82, 2.24) is 4.72 Å². The molecule has 20 heavy (non-hydrogen) atoms. The van der Waals surface area contributed by atoms with Crippen molar-refractivity contribution in [3.05, 3.63) is 29.8 Å². The molecule has 0 saturated heterocycles. The molecule has 1 aromatic carbocycles. The van der Waals surface area contributed by atoms with Crippen molar-refractivity contribution >= 4 is 16.0 Å². The third kappa shape index (κ3) is 3.58. The summed E-state index contributed by atoms with van der Waals surface area (Å²) in [4.78, 5) is 10.9. The second-order valence-corrected chi connectivity index (χ2v) is 7.13. The Bertz CT molecular complexity index is 580. The van der Waals surface area contributed by atoms with Gasteiger partial charge in [0.05, 0.1) is 10.5 Å². The highest BCUT2D eigenvalue weighted by molar-refractivity contribution is 7.89. The number of rotatable bonds is 4. The van der Waals surface area contributed by atoms with Crippen LogP contribution in [0.1, 0.15) is 43.0 Å². The smallest absolute Gasteiger partial charge is 0.335 e. The normalized spacial score (nSPS) is 23.4. The molecule has 2 rings (SSSR count). The summed E-state index contributed by atoms with van der Waals surface area (Å²) < 4.78 is 27.2. The third-order valence-corrected chi connectivity index (χ3v) is 5.21. The number of carbonyl (C=O) groups is 1. The lowest BCUT2D eigenvalue weighted by Crippen LogP contribution is -2.37. The first kappa shape index (κ1) is 15.0. The van der Waals surface area contributed by atoms with Gasteiger partial charge in [0, 0.05) is 6.04 Å². The lowest BCUT2D eigenvalue weighted by atomic mass is 9.88. The minimum Gasteiger partial charge on any atom is -0.478 e. The van der Waals surface area contributed by atoms with Crippen molar-refractivity contribution < 1.29 is 18.3 Å². The molecule has 1 aliphatic rings. The van der Waals surface area contributed by atoms with Gasteiger partial charge >= 0.3 is 5.97 Å². The van der Waals surface area contributed by atoms with Crippen LogP contribution in [0, 0.1) is 5.92 Å². The van der Waals surface area contributed by atoms with Crippen molar-refractivity contribution in [3.63, 3.8) is 0 Å². The lowest BCUT2D eigenvalue weighted by Gasteiger charge is -2.27. The van der Waals surface area contributed by atoms with Gasteiger partial charge in [-0.05, 0) is 43.0 Å². The van der Waals surface area contributed by atoms with Crippen molar-refractivity contribution in [3.8, 4) is 0 Å². The standard InChI is InChI=1S/C14H19NO4S/c1-10-3-2-4-12(9-10)15-20(18,19)13-7-5-11(6-8-13)14(16)17/h5-8,10,12,15H,2-4,9H2,1H3,(H,16,17). The maximum Gasteiger partial charge on any atom is 0.335 e. The number of carboxylic acid groups (broad SMARTS) is 1. The van der Waals surface area contributed by atoms with Crippen LogP contribution in [0.4, 0.5) is 0 Å². The van der Waals surface area contributed by atoms with Gasteiger partial charge in [-0.3, -0.25) is 0 Å². The summed E-state index contributed by atoms with van der Waals surface area (Å²) in [6, 6.07) is 5.25. The lowest BCUT2D eigenvalue weighted by molar-refractivity contribution is 0.0696. The number of hydrogen-bond donors (Lipinski definition) is 2. The van der Waals surface area contributed by atoms with Crippen LogP contribution in [0.5, 0.6) is 0 Å². The largest absolute Gasteiger partial charge is 0.478 e. The molecule has 0 radical (unpaired) electrons. The van der Waals surface area contributed by atoms with Crippen LogP contribution in [-0.4, -0.2) is 25.5 Å². The van der Waals surface area contributed by atoms with E-state index >= 15 is 0 Å². The molecule has 5 nitrogen and oxygen atoms in total. The Morgan fingerprint density at radius 3 is 2.45 bits per heavy atom. The Kier molecular flexibility index (Phi) is 4.45. The molecule has 110 valence electrons. The fourth-order valence-electron chi connectivity index (χ4n) is 2.61. The third-order valence-electron chi connectivity index (χ3n) is 3.67. The molecule has 1 fully saturated rings. The van der Waals surface area contributed by atoms with Gasteiger partial charge in [0.2, 0.25) is 10.0 Å². The summed E-state index contributed by atoms with van der Waals surface area (Å²) >= 11 is 0. The molecule has 0 bridgehead atoms. The van der Waals surface area contributed by atoms with Gasteiger partial charge < -0.3 is 5.11 Å². The average Bonchev–Trinajstić information content (AvgIpc) is 2.38. The van der Waals surface area contributed by atoms with Gasteiger partial charge in [-0.1, -0.05) is 19.8 Å². The second kappa shape index (κ2) is 5.93. The van der Waals surface area contributed by atoms with Crippen LogP contribution in [0.15, 0.2) is 29.2 Å². The van der Waals surface area contributed by atoms with Crippen LogP contribution in [-0.2, 0) is 10.0 Å².